The maximum absolute atomic E-state index is 12.8. The number of rotatable bonds is 2. The van der Waals surface area contributed by atoms with E-state index in [2.05, 4.69) is 25.1 Å². The molecule has 0 unspecified atom stereocenters. The maximum atomic E-state index is 12.8. The van der Waals surface area contributed by atoms with Crippen LogP contribution in [0.1, 0.15) is 34.6 Å². The van der Waals surface area contributed by atoms with Gasteiger partial charge in [-0.05, 0) is 31.7 Å². The molecule has 1 amide bonds. The Hall–Kier alpha value is -2.44. The van der Waals surface area contributed by atoms with Gasteiger partial charge in [-0.1, -0.05) is 0 Å². The number of anilines is 1. The number of aromatic amines is 1. The van der Waals surface area contributed by atoms with Crippen molar-refractivity contribution in [2.24, 2.45) is 0 Å². The standard InChI is InChI=1S/C16H20N6O/c23-15(14-12-4-1-5-13(12)19-20-14)21-8-3-9-22(11-10-21)16-17-6-2-7-18-16/h2,6-7H,1,3-5,8-11H2,(H,19,20). The summed E-state index contributed by atoms with van der Waals surface area (Å²) in [5, 5.41) is 7.29. The molecule has 23 heavy (non-hydrogen) atoms. The Morgan fingerprint density at radius 3 is 2.78 bits per heavy atom. The van der Waals surface area contributed by atoms with Crippen molar-refractivity contribution in [3.63, 3.8) is 0 Å². The lowest BCUT2D eigenvalue weighted by Gasteiger charge is -2.21. The van der Waals surface area contributed by atoms with Crippen molar-refractivity contribution < 1.29 is 4.79 Å². The average molecular weight is 312 g/mol. The molecule has 7 heteroatoms. The van der Waals surface area contributed by atoms with Gasteiger partial charge in [0.1, 0.15) is 0 Å². The van der Waals surface area contributed by atoms with E-state index in [1.165, 1.54) is 0 Å². The van der Waals surface area contributed by atoms with Gasteiger partial charge in [-0.15, -0.1) is 0 Å². The number of amides is 1. The first-order chi connectivity index (χ1) is 11.3. The molecule has 4 rings (SSSR count). The van der Waals surface area contributed by atoms with E-state index in [1.54, 1.807) is 12.4 Å². The van der Waals surface area contributed by atoms with Crippen molar-refractivity contribution in [2.75, 3.05) is 31.1 Å². The predicted octanol–water partition coefficient (Wildman–Crippen LogP) is 1.04. The molecule has 120 valence electrons. The summed E-state index contributed by atoms with van der Waals surface area (Å²) in [6, 6.07) is 1.81. The van der Waals surface area contributed by atoms with Crippen molar-refractivity contribution in [1.82, 2.24) is 25.1 Å². The number of carbonyl (C=O) groups is 1. The van der Waals surface area contributed by atoms with Crippen LogP contribution in [0.5, 0.6) is 0 Å². The monoisotopic (exact) mass is 312 g/mol. The molecular formula is C16H20N6O. The number of nitrogens with zero attached hydrogens (tertiary/aromatic N) is 5. The second-order valence-electron chi connectivity index (χ2n) is 6.06. The Bertz CT molecular complexity index is 698. The first kappa shape index (κ1) is 14.2. The number of nitrogens with one attached hydrogen (secondary N) is 1. The Kier molecular flexibility index (Phi) is 3.69. The van der Waals surface area contributed by atoms with E-state index in [4.69, 9.17) is 0 Å². The Morgan fingerprint density at radius 1 is 1.04 bits per heavy atom. The minimum atomic E-state index is 0.0558. The molecule has 0 saturated carbocycles. The summed E-state index contributed by atoms with van der Waals surface area (Å²) >= 11 is 0. The van der Waals surface area contributed by atoms with Crippen LogP contribution < -0.4 is 4.90 Å². The zero-order valence-electron chi connectivity index (χ0n) is 13.0. The predicted molar refractivity (Wildman–Crippen MR) is 85.4 cm³/mol. The summed E-state index contributed by atoms with van der Waals surface area (Å²) in [5.41, 5.74) is 2.90. The topological polar surface area (TPSA) is 78.0 Å². The summed E-state index contributed by atoms with van der Waals surface area (Å²) in [6.07, 6.45) is 7.51. The highest BCUT2D eigenvalue weighted by Gasteiger charge is 2.28. The van der Waals surface area contributed by atoms with Crippen LogP contribution in [-0.4, -0.2) is 57.2 Å². The lowest BCUT2D eigenvalue weighted by atomic mass is 10.2. The SMILES string of the molecule is O=C(c1n[nH]c2c1CCC2)N1CCCN(c2ncccn2)CC1. The van der Waals surface area contributed by atoms with Gasteiger partial charge >= 0.3 is 0 Å². The molecule has 2 aliphatic rings. The molecule has 1 aliphatic carbocycles. The maximum Gasteiger partial charge on any atom is 0.274 e. The number of H-pyrrole nitrogens is 1. The largest absolute Gasteiger partial charge is 0.339 e. The molecule has 1 saturated heterocycles. The van der Waals surface area contributed by atoms with Crippen LogP contribution in [0, 0.1) is 0 Å². The van der Waals surface area contributed by atoms with Gasteiger partial charge in [0.25, 0.3) is 5.91 Å². The lowest BCUT2D eigenvalue weighted by Crippen LogP contribution is -2.36. The average Bonchev–Trinajstić information content (AvgIpc) is 3.11. The van der Waals surface area contributed by atoms with Crippen LogP contribution in [0.15, 0.2) is 18.5 Å². The molecule has 0 bridgehead atoms. The van der Waals surface area contributed by atoms with E-state index in [0.29, 0.717) is 12.2 Å². The minimum Gasteiger partial charge on any atom is -0.339 e. The number of hydrogen-bond acceptors (Lipinski definition) is 5. The smallest absolute Gasteiger partial charge is 0.274 e. The number of aryl methyl sites for hydroxylation is 1. The van der Waals surface area contributed by atoms with Crippen molar-refractivity contribution in [3.05, 3.63) is 35.4 Å². The molecule has 2 aromatic heterocycles. The highest BCUT2D eigenvalue weighted by Crippen LogP contribution is 2.24. The van der Waals surface area contributed by atoms with Gasteiger partial charge < -0.3 is 9.80 Å². The zero-order chi connectivity index (χ0) is 15.6. The first-order valence-corrected chi connectivity index (χ1v) is 8.20. The van der Waals surface area contributed by atoms with Gasteiger partial charge in [0.2, 0.25) is 5.95 Å². The third-order valence-corrected chi connectivity index (χ3v) is 4.63. The van der Waals surface area contributed by atoms with Gasteiger partial charge in [0, 0.05) is 49.8 Å². The fourth-order valence-electron chi connectivity index (χ4n) is 3.42. The minimum absolute atomic E-state index is 0.0558. The van der Waals surface area contributed by atoms with Crippen LogP contribution >= 0.6 is 0 Å². The van der Waals surface area contributed by atoms with Gasteiger partial charge in [0.15, 0.2) is 5.69 Å². The summed E-state index contributed by atoms with van der Waals surface area (Å²) in [6.45, 7) is 3.05. The van der Waals surface area contributed by atoms with Crippen molar-refractivity contribution >= 4 is 11.9 Å². The van der Waals surface area contributed by atoms with E-state index < -0.39 is 0 Å². The molecular weight excluding hydrogens is 292 g/mol. The van der Waals surface area contributed by atoms with Gasteiger partial charge in [0.05, 0.1) is 0 Å². The summed E-state index contributed by atoms with van der Waals surface area (Å²) in [5.74, 6) is 0.794. The highest BCUT2D eigenvalue weighted by molar-refractivity contribution is 5.94. The Balaban J connectivity index is 1.47. The number of fused-ring (bicyclic) bond motifs is 1. The van der Waals surface area contributed by atoms with E-state index in [9.17, 15) is 4.79 Å². The fraction of sp³-hybridized carbons (Fsp3) is 0.500. The van der Waals surface area contributed by atoms with E-state index in [-0.39, 0.29) is 5.91 Å². The molecule has 3 heterocycles. The van der Waals surface area contributed by atoms with Crippen molar-refractivity contribution in [3.8, 4) is 0 Å². The molecule has 0 aromatic carbocycles. The molecule has 0 spiro atoms. The van der Waals surface area contributed by atoms with Crippen LogP contribution in [0.3, 0.4) is 0 Å². The third kappa shape index (κ3) is 2.67. The van der Waals surface area contributed by atoms with E-state index in [1.807, 2.05) is 11.0 Å². The lowest BCUT2D eigenvalue weighted by molar-refractivity contribution is 0.0760. The zero-order valence-corrected chi connectivity index (χ0v) is 13.0. The van der Waals surface area contributed by atoms with Gasteiger partial charge in [-0.25, -0.2) is 9.97 Å². The Morgan fingerprint density at radius 2 is 1.91 bits per heavy atom. The van der Waals surface area contributed by atoms with Crippen LogP contribution in [0.4, 0.5) is 5.95 Å². The Labute approximate surface area is 134 Å². The van der Waals surface area contributed by atoms with Gasteiger partial charge in [-0.3, -0.25) is 9.89 Å². The third-order valence-electron chi connectivity index (χ3n) is 4.63. The number of carbonyl (C=O) groups excluding carboxylic acids is 1. The normalized spacial score (nSPS) is 17.9. The summed E-state index contributed by atoms with van der Waals surface area (Å²) in [7, 11) is 0. The van der Waals surface area contributed by atoms with E-state index in [0.717, 1.165) is 62.5 Å². The molecule has 0 radical (unpaired) electrons. The number of aromatic nitrogens is 4. The summed E-state index contributed by atoms with van der Waals surface area (Å²) in [4.78, 5) is 25.5. The highest BCUT2D eigenvalue weighted by atomic mass is 16.2. The molecule has 1 aliphatic heterocycles. The van der Waals surface area contributed by atoms with E-state index >= 15 is 0 Å². The van der Waals surface area contributed by atoms with Gasteiger partial charge in [-0.2, -0.15) is 5.10 Å². The molecule has 1 N–H and O–H groups in total. The van der Waals surface area contributed by atoms with Crippen molar-refractivity contribution in [1.29, 1.82) is 0 Å². The fourth-order valence-corrected chi connectivity index (χ4v) is 3.42. The van der Waals surface area contributed by atoms with Crippen LogP contribution in [-0.2, 0) is 12.8 Å². The second kappa shape index (κ2) is 5.98. The molecule has 7 nitrogen and oxygen atoms in total. The summed E-state index contributed by atoms with van der Waals surface area (Å²) < 4.78 is 0. The van der Waals surface area contributed by atoms with Crippen LogP contribution in [0.2, 0.25) is 0 Å². The van der Waals surface area contributed by atoms with Crippen molar-refractivity contribution in [2.45, 2.75) is 25.7 Å². The molecule has 0 atom stereocenters. The molecule has 2 aromatic rings. The quantitative estimate of drug-likeness (QED) is 0.896. The first-order valence-electron chi connectivity index (χ1n) is 8.20. The molecule has 1 fully saturated rings. The van der Waals surface area contributed by atoms with Crippen LogP contribution in [0.25, 0.3) is 0 Å². The second-order valence-corrected chi connectivity index (χ2v) is 6.06. The number of hydrogen-bond donors (Lipinski definition) is 1.